The number of carbonyl (C=O) groups excluding carboxylic acids is 3. The van der Waals surface area contributed by atoms with Crippen LogP contribution in [0.1, 0.15) is 41.3 Å². The molecule has 1 unspecified atom stereocenters. The quantitative estimate of drug-likeness (QED) is 0.312. The number of likely N-dealkylation sites (tertiary alicyclic amines) is 1. The van der Waals surface area contributed by atoms with Crippen molar-refractivity contribution >= 4 is 68.2 Å². The number of halogens is 3. The molecule has 10 heteroatoms. The van der Waals surface area contributed by atoms with Crippen molar-refractivity contribution in [3.8, 4) is 0 Å². The molecule has 3 aromatic carbocycles. The number of hydrogen-bond acceptors (Lipinski definition) is 4. The lowest BCUT2D eigenvalue weighted by Crippen LogP contribution is -2.49. The van der Waals surface area contributed by atoms with E-state index >= 15 is 0 Å². The molecule has 0 aliphatic carbocycles. The Balaban J connectivity index is 1.52. The van der Waals surface area contributed by atoms with Gasteiger partial charge in [-0.05, 0) is 60.9 Å². The van der Waals surface area contributed by atoms with Gasteiger partial charge in [-0.3, -0.25) is 14.4 Å². The maximum absolute atomic E-state index is 13.7. The molecule has 3 aromatic rings. The Morgan fingerprint density at radius 1 is 1.10 bits per heavy atom. The van der Waals surface area contributed by atoms with E-state index < -0.39 is 5.54 Å². The normalized spacial score (nSPS) is 20.3. The van der Waals surface area contributed by atoms with Gasteiger partial charge in [-0.2, -0.15) is 0 Å². The highest BCUT2D eigenvalue weighted by molar-refractivity contribution is 9.10. The van der Waals surface area contributed by atoms with E-state index in [1.165, 1.54) is 6.92 Å². The summed E-state index contributed by atoms with van der Waals surface area (Å²) in [5.74, 6) is -0.558. The smallest absolute Gasteiger partial charge is 0.255 e. The topological polar surface area (TPSA) is 90.5 Å². The second-order valence-electron chi connectivity index (χ2n) is 9.95. The molecule has 2 atom stereocenters. The van der Waals surface area contributed by atoms with Gasteiger partial charge in [-0.1, -0.05) is 57.3 Å². The molecular weight excluding hydrogens is 603 g/mol. The van der Waals surface area contributed by atoms with Gasteiger partial charge in [0.25, 0.3) is 11.8 Å². The number of nitrogens with one attached hydrogen (secondary N) is 3. The summed E-state index contributed by atoms with van der Waals surface area (Å²) in [4.78, 5) is 40.9. The van der Waals surface area contributed by atoms with Crippen molar-refractivity contribution in [2.75, 3.05) is 23.7 Å². The minimum absolute atomic E-state index is 0.00563. The maximum Gasteiger partial charge on any atom is 0.255 e. The number of anilines is 2. The largest absolute Gasteiger partial charge is 0.367 e. The zero-order valence-electron chi connectivity index (χ0n) is 21.2. The molecule has 7 nitrogen and oxygen atoms in total. The molecule has 0 bridgehead atoms. The summed E-state index contributed by atoms with van der Waals surface area (Å²) in [6.07, 6.45) is 1.88. The van der Waals surface area contributed by atoms with Crippen LogP contribution in [0, 0.1) is 0 Å². The Hall–Kier alpha value is -3.07. The lowest BCUT2D eigenvalue weighted by atomic mass is 9.84. The predicted octanol–water partition coefficient (Wildman–Crippen LogP) is 6.00. The van der Waals surface area contributed by atoms with E-state index in [0.29, 0.717) is 45.6 Å². The van der Waals surface area contributed by atoms with Gasteiger partial charge in [0.1, 0.15) is 5.54 Å². The molecule has 0 saturated carbocycles. The van der Waals surface area contributed by atoms with Crippen molar-refractivity contribution in [1.29, 1.82) is 0 Å². The van der Waals surface area contributed by atoms with E-state index in [1.807, 2.05) is 24.3 Å². The standard InChI is InChI=1S/C29H27BrCl2N4O3/c1-17(37)36-11-3-6-22(16-36)33-27(38)23-9-7-19(30)13-25(23)35-29(15-18-4-2-5-20(31)12-18)24-10-8-21(32)14-26(24)34-28(29)39/h2,4-5,7-10,12-14,22,35H,3,6,11,15-16H2,1H3,(H,33,38)(H,34,39)/t22-,29?/m0/s1. The van der Waals surface area contributed by atoms with E-state index in [9.17, 15) is 14.4 Å². The van der Waals surface area contributed by atoms with Crippen LogP contribution < -0.4 is 16.0 Å². The second-order valence-corrected chi connectivity index (χ2v) is 11.7. The van der Waals surface area contributed by atoms with Crippen LogP contribution in [0.2, 0.25) is 10.0 Å². The first-order chi connectivity index (χ1) is 18.6. The Morgan fingerprint density at radius 2 is 1.90 bits per heavy atom. The number of carbonyl (C=O) groups is 3. The molecule has 1 fully saturated rings. The highest BCUT2D eigenvalue weighted by atomic mass is 79.9. The number of hydrogen-bond donors (Lipinski definition) is 3. The first kappa shape index (κ1) is 27.5. The minimum atomic E-state index is -1.24. The summed E-state index contributed by atoms with van der Waals surface area (Å²) >= 11 is 16.0. The van der Waals surface area contributed by atoms with Crippen molar-refractivity contribution in [1.82, 2.24) is 10.2 Å². The van der Waals surface area contributed by atoms with Crippen LogP contribution in [0.15, 0.2) is 65.1 Å². The fourth-order valence-electron chi connectivity index (χ4n) is 5.33. The van der Waals surface area contributed by atoms with Crippen molar-refractivity contribution in [3.05, 3.63) is 91.9 Å². The van der Waals surface area contributed by atoms with Gasteiger partial charge >= 0.3 is 0 Å². The van der Waals surface area contributed by atoms with Crippen molar-refractivity contribution in [3.63, 3.8) is 0 Å². The third kappa shape index (κ3) is 5.78. The van der Waals surface area contributed by atoms with Gasteiger partial charge in [-0.15, -0.1) is 0 Å². The molecule has 0 aromatic heterocycles. The van der Waals surface area contributed by atoms with Crippen LogP contribution in [0.25, 0.3) is 0 Å². The lowest BCUT2D eigenvalue weighted by molar-refractivity contribution is -0.130. The first-order valence-electron chi connectivity index (χ1n) is 12.6. The Morgan fingerprint density at radius 3 is 2.67 bits per heavy atom. The molecule has 2 heterocycles. The zero-order chi connectivity index (χ0) is 27.7. The van der Waals surface area contributed by atoms with E-state index in [0.717, 1.165) is 22.9 Å². The summed E-state index contributed by atoms with van der Waals surface area (Å²) in [6.45, 7) is 2.70. The molecule has 2 aliphatic heterocycles. The molecule has 0 spiro atoms. The summed E-state index contributed by atoms with van der Waals surface area (Å²) in [5.41, 5.74) is 1.80. The van der Waals surface area contributed by atoms with Crippen molar-refractivity contribution < 1.29 is 14.4 Å². The minimum Gasteiger partial charge on any atom is -0.367 e. The monoisotopic (exact) mass is 628 g/mol. The Bertz CT molecular complexity index is 1470. The Labute approximate surface area is 245 Å². The molecule has 5 rings (SSSR count). The SMILES string of the molecule is CC(=O)N1CCC[C@H](NC(=O)c2ccc(Br)cc2NC2(Cc3cccc(Cl)c3)C(=O)Nc3cc(Cl)ccc32)C1. The van der Waals surface area contributed by atoms with Crippen LogP contribution in [0.3, 0.4) is 0 Å². The van der Waals surface area contributed by atoms with Gasteiger partial charge in [-0.25, -0.2) is 0 Å². The van der Waals surface area contributed by atoms with E-state index in [4.69, 9.17) is 23.2 Å². The van der Waals surface area contributed by atoms with Crippen molar-refractivity contribution in [2.45, 2.75) is 37.8 Å². The lowest BCUT2D eigenvalue weighted by Gasteiger charge is -2.33. The third-order valence-electron chi connectivity index (χ3n) is 7.21. The number of piperidine rings is 1. The number of nitrogens with zero attached hydrogens (tertiary/aromatic N) is 1. The number of amides is 3. The number of fused-ring (bicyclic) bond motifs is 1. The van der Waals surface area contributed by atoms with Crippen LogP contribution in [0.4, 0.5) is 11.4 Å². The fourth-order valence-corrected chi connectivity index (χ4v) is 6.08. The molecule has 39 heavy (non-hydrogen) atoms. The molecule has 0 radical (unpaired) electrons. The number of benzene rings is 3. The first-order valence-corrected chi connectivity index (χ1v) is 14.2. The average molecular weight is 630 g/mol. The second kappa shape index (κ2) is 11.2. The van der Waals surface area contributed by atoms with Gasteiger partial charge < -0.3 is 20.9 Å². The van der Waals surface area contributed by atoms with E-state index in [2.05, 4.69) is 31.9 Å². The van der Waals surface area contributed by atoms with Crippen LogP contribution in [0.5, 0.6) is 0 Å². The van der Waals surface area contributed by atoms with Gasteiger partial charge in [0.15, 0.2) is 0 Å². The summed E-state index contributed by atoms with van der Waals surface area (Å²) in [6, 6.07) is 17.8. The van der Waals surface area contributed by atoms with E-state index in [1.54, 1.807) is 41.3 Å². The summed E-state index contributed by atoms with van der Waals surface area (Å²) in [7, 11) is 0. The fraction of sp³-hybridized carbons (Fsp3) is 0.276. The molecule has 202 valence electrons. The van der Waals surface area contributed by atoms with Crippen molar-refractivity contribution in [2.24, 2.45) is 0 Å². The maximum atomic E-state index is 13.7. The van der Waals surface area contributed by atoms with Crippen LogP contribution in [-0.4, -0.2) is 41.8 Å². The van der Waals surface area contributed by atoms with Gasteiger partial charge in [0, 0.05) is 63.9 Å². The zero-order valence-corrected chi connectivity index (χ0v) is 24.3. The molecular formula is C29H27BrCl2N4O3. The highest BCUT2D eigenvalue weighted by Crippen LogP contribution is 2.43. The predicted molar refractivity (Wildman–Crippen MR) is 157 cm³/mol. The van der Waals surface area contributed by atoms with Gasteiger partial charge in [0.05, 0.1) is 5.56 Å². The molecule has 3 N–H and O–H groups in total. The van der Waals surface area contributed by atoms with Crippen LogP contribution in [-0.2, 0) is 21.5 Å². The number of rotatable bonds is 6. The molecule has 3 amide bonds. The Kier molecular flexibility index (Phi) is 7.89. The highest BCUT2D eigenvalue weighted by Gasteiger charge is 2.47. The molecule has 1 saturated heterocycles. The summed E-state index contributed by atoms with van der Waals surface area (Å²) < 4.78 is 0.745. The molecule has 2 aliphatic rings. The van der Waals surface area contributed by atoms with E-state index in [-0.39, 0.29) is 30.2 Å². The average Bonchev–Trinajstić information content (AvgIpc) is 3.13. The summed E-state index contributed by atoms with van der Waals surface area (Å²) in [5, 5.41) is 10.6. The third-order valence-corrected chi connectivity index (χ3v) is 8.18. The van der Waals surface area contributed by atoms with Crippen LogP contribution >= 0.6 is 39.1 Å². The van der Waals surface area contributed by atoms with Gasteiger partial charge in [0.2, 0.25) is 5.91 Å².